The molecule has 40 valence electrons. The molecule has 0 aliphatic rings. The molecule has 0 N–H and O–H groups in total. The molecule has 0 aromatic heterocycles. The molecule has 4 heteroatoms. The minimum absolute atomic E-state index is 0. The maximum absolute atomic E-state index is 4.64. The Morgan fingerprint density at radius 3 is 2.43 bits per heavy atom. The number of thiocarbonyl (C=S) groups is 1. The van der Waals surface area contributed by atoms with Gasteiger partial charge in [-0.2, -0.15) is 0 Å². The monoisotopic (exact) mass is 164 g/mol. The van der Waals surface area contributed by atoms with Gasteiger partial charge < -0.3 is 7.59 Å². The third-order valence-electron chi connectivity index (χ3n) is 0.268. The largest absolute Gasteiger partial charge is 2.00 e. The van der Waals surface area contributed by atoms with Gasteiger partial charge in [0.05, 0.1) is 6.61 Å². The number of hydrogen-bond donors (Lipinski definition) is 1. The van der Waals surface area contributed by atoms with E-state index in [1.807, 2.05) is 6.92 Å². The summed E-state index contributed by atoms with van der Waals surface area (Å²) in [4.78, 5) is 0. The minimum Gasteiger partial charge on any atom is -1.00 e. The van der Waals surface area contributed by atoms with Crippen LogP contribution in [0.3, 0.4) is 0 Å². The number of ether oxygens (including phenoxy) is 1. The molecule has 0 atom stereocenters. The average molecular weight is 164 g/mol. The first-order chi connectivity index (χ1) is 2.77. The van der Waals surface area contributed by atoms with Crippen molar-refractivity contribution < 1.29 is 7.59 Å². The van der Waals surface area contributed by atoms with Gasteiger partial charge in [-0.05, 0) is 19.1 Å². The third-order valence-corrected chi connectivity index (χ3v) is 0.515. The quantitative estimate of drug-likeness (QED) is 0.353. The molecule has 0 fully saturated rings. The Morgan fingerprint density at radius 2 is 2.43 bits per heavy atom. The first-order valence-corrected chi connectivity index (χ1v) is 2.48. The molecular weight excluding hydrogens is 156 g/mol. The second-order valence-electron chi connectivity index (χ2n) is 0.699. The van der Waals surface area contributed by atoms with Gasteiger partial charge in [-0.1, -0.05) is 12.6 Å². The topological polar surface area (TPSA) is 9.23 Å². The zero-order valence-corrected chi connectivity index (χ0v) is 8.10. The maximum atomic E-state index is 4.64. The molecule has 0 aromatic rings. The van der Waals surface area contributed by atoms with Gasteiger partial charge in [0, 0.05) is 0 Å². The van der Waals surface area contributed by atoms with Crippen LogP contribution in [0.4, 0.5) is 0 Å². The first kappa shape index (κ1) is 11.3. The van der Waals surface area contributed by atoms with Crippen LogP contribution >= 0.6 is 24.8 Å². The molecule has 7 heavy (non-hydrogen) atoms. The standard InChI is InChI=1S/C3H6OS2.Ca.2H/c1-2-4-3(5)6;;;/h2H2,1H3,(H,5,6);;;/q;+2;2*-1. The van der Waals surface area contributed by atoms with E-state index in [9.17, 15) is 0 Å². The van der Waals surface area contributed by atoms with Crippen molar-refractivity contribution in [2.24, 2.45) is 0 Å². The van der Waals surface area contributed by atoms with Crippen molar-refractivity contribution in [2.75, 3.05) is 6.61 Å². The van der Waals surface area contributed by atoms with Crippen LogP contribution in [-0.2, 0) is 4.74 Å². The van der Waals surface area contributed by atoms with Gasteiger partial charge in [0.25, 0.3) is 0 Å². The summed E-state index contributed by atoms with van der Waals surface area (Å²) in [6.07, 6.45) is 0. The van der Waals surface area contributed by atoms with Crippen LogP contribution in [0.1, 0.15) is 9.78 Å². The number of rotatable bonds is 1. The van der Waals surface area contributed by atoms with Crippen molar-refractivity contribution in [2.45, 2.75) is 6.92 Å². The molecule has 0 saturated heterocycles. The molecule has 0 amide bonds. The van der Waals surface area contributed by atoms with Gasteiger partial charge >= 0.3 is 37.7 Å². The molecule has 0 rings (SSSR count). The van der Waals surface area contributed by atoms with E-state index >= 15 is 0 Å². The Morgan fingerprint density at radius 1 is 2.00 bits per heavy atom. The van der Waals surface area contributed by atoms with Crippen molar-refractivity contribution in [1.82, 2.24) is 0 Å². The van der Waals surface area contributed by atoms with Crippen molar-refractivity contribution in [1.29, 1.82) is 0 Å². The second-order valence-corrected chi connectivity index (χ2v) is 1.78. The van der Waals surface area contributed by atoms with E-state index < -0.39 is 0 Å². The Balaban J connectivity index is -0.0000000417. The van der Waals surface area contributed by atoms with Crippen LogP contribution in [0.25, 0.3) is 0 Å². The zero-order chi connectivity index (χ0) is 4.99. The molecule has 0 radical (unpaired) electrons. The van der Waals surface area contributed by atoms with Gasteiger partial charge in [-0.25, -0.2) is 0 Å². The fourth-order valence-electron chi connectivity index (χ4n) is 0.123. The zero-order valence-electron chi connectivity index (χ0n) is 6.18. The summed E-state index contributed by atoms with van der Waals surface area (Å²) in [6, 6.07) is 0. The van der Waals surface area contributed by atoms with E-state index in [4.69, 9.17) is 0 Å². The molecule has 0 aliphatic heterocycles. The second kappa shape index (κ2) is 7.50. The normalized spacial score (nSPS) is 6.57. The molecule has 0 heterocycles. The van der Waals surface area contributed by atoms with Crippen molar-refractivity contribution in [3.8, 4) is 0 Å². The van der Waals surface area contributed by atoms with Gasteiger partial charge in [0.15, 0.2) is 0 Å². The van der Waals surface area contributed by atoms with Crippen molar-refractivity contribution in [3.05, 3.63) is 0 Å². The molecule has 0 aliphatic carbocycles. The van der Waals surface area contributed by atoms with Crippen LogP contribution in [0.15, 0.2) is 0 Å². The molecule has 0 spiro atoms. The average Bonchev–Trinajstić information content (AvgIpc) is 1.35. The molecule has 0 bridgehead atoms. The number of hydrogen-bond acceptors (Lipinski definition) is 2. The summed E-state index contributed by atoms with van der Waals surface area (Å²) >= 11 is 8.12. The molecule has 0 saturated carbocycles. The Labute approximate surface area is 87.2 Å². The van der Waals surface area contributed by atoms with Crippen LogP contribution in [0.2, 0.25) is 0 Å². The summed E-state index contributed by atoms with van der Waals surface area (Å²) in [5.41, 5.74) is 0. The summed E-state index contributed by atoms with van der Waals surface area (Å²) in [7, 11) is 0. The van der Waals surface area contributed by atoms with Gasteiger partial charge in [-0.3, -0.25) is 0 Å². The van der Waals surface area contributed by atoms with E-state index in [-0.39, 0.29) is 40.6 Å². The van der Waals surface area contributed by atoms with Crippen molar-refractivity contribution >= 4 is 67.0 Å². The SMILES string of the molecule is CCOC(=S)S.[Ca+2].[H-].[H-]. The summed E-state index contributed by atoms with van der Waals surface area (Å²) in [5.74, 6) is 0. The first-order valence-electron chi connectivity index (χ1n) is 1.63. The maximum Gasteiger partial charge on any atom is 2.00 e. The third kappa shape index (κ3) is 11.2. The fraction of sp³-hybridized carbons (Fsp3) is 0.667. The van der Waals surface area contributed by atoms with Gasteiger partial charge in [-0.15, -0.1) is 0 Å². The van der Waals surface area contributed by atoms with E-state index in [1.165, 1.54) is 0 Å². The van der Waals surface area contributed by atoms with E-state index in [2.05, 4.69) is 29.6 Å². The molecule has 0 aromatic carbocycles. The fourth-order valence-corrected chi connectivity index (χ4v) is 0.370. The van der Waals surface area contributed by atoms with Crippen LogP contribution in [0.5, 0.6) is 0 Å². The predicted molar refractivity (Wildman–Crippen MR) is 41.2 cm³/mol. The molecular formula is C3H8CaOS2. The van der Waals surface area contributed by atoms with E-state index in [0.717, 1.165) is 0 Å². The summed E-state index contributed by atoms with van der Waals surface area (Å²) < 4.78 is 4.95. The molecule has 0 unspecified atom stereocenters. The predicted octanol–water partition coefficient (Wildman–Crippen LogP) is 1.08. The smallest absolute Gasteiger partial charge is 1.00 e. The number of thiol groups is 1. The van der Waals surface area contributed by atoms with Crippen LogP contribution < -0.4 is 0 Å². The Bertz CT molecular complexity index is 63.8. The van der Waals surface area contributed by atoms with Crippen LogP contribution in [0, 0.1) is 0 Å². The minimum atomic E-state index is 0. The summed E-state index contributed by atoms with van der Waals surface area (Å²) in [5, 5.41) is 0. The van der Waals surface area contributed by atoms with E-state index in [1.54, 1.807) is 0 Å². The van der Waals surface area contributed by atoms with Crippen LogP contribution in [-0.4, -0.2) is 48.7 Å². The van der Waals surface area contributed by atoms with Gasteiger partial charge in [0.2, 0.25) is 4.38 Å². The Kier molecular flexibility index (Phi) is 12.1. The Hall–Kier alpha value is 1.50. The van der Waals surface area contributed by atoms with E-state index in [0.29, 0.717) is 11.0 Å². The molecule has 1 nitrogen and oxygen atoms in total. The van der Waals surface area contributed by atoms with Crippen molar-refractivity contribution in [3.63, 3.8) is 0 Å². The van der Waals surface area contributed by atoms with Gasteiger partial charge in [0.1, 0.15) is 0 Å². The summed E-state index contributed by atoms with van der Waals surface area (Å²) in [6.45, 7) is 2.48.